The normalized spacial score (nSPS) is 29.3. The highest BCUT2D eigenvalue weighted by Crippen LogP contribution is 2.34. The van der Waals surface area contributed by atoms with E-state index in [-0.39, 0.29) is 11.4 Å². The number of halogens is 2. The molecule has 0 radical (unpaired) electrons. The monoisotopic (exact) mass is 299 g/mol. The van der Waals surface area contributed by atoms with Gasteiger partial charge in [0.1, 0.15) is 5.82 Å². The van der Waals surface area contributed by atoms with Gasteiger partial charge in [0.2, 0.25) is 0 Å². The number of benzene rings is 1. The second kappa shape index (κ2) is 5.07. The predicted octanol–water partition coefficient (Wildman–Crippen LogP) is 4.04. The number of hydrogen-bond donors (Lipinski definition) is 1. The van der Waals surface area contributed by atoms with Gasteiger partial charge in [-0.25, -0.2) is 4.39 Å². The Bertz CT molecular complexity index is 407. The summed E-state index contributed by atoms with van der Waals surface area (Å²) in [4.78, 5) is 0. The van der Waals surface area contributed by atoms with E-state index in [2.05, 4.69) is 22.9 Å². The van der Waals surface area contributed by atoms with E-state index in [1.54, 1.807) is 6.07 Å². The van der Waals surface area contributed by atoms with Gasteiger partial charge in [-0.05, 0) is 52.7 Å². The fraction of sp³-hybridized carbons (Fsp3) is 0.571. The van der Waals surface area contributed by atoms with Gasteiger partial charge >= 0.3 is 0 Å². The molecule has 94 valence electrons. The third kappa shape index (κ3) is 3.08. The van der Waals surface area contributed by atoms with Gasteiger partial charge in [0.15, 0.2) is 0 Å². The lowest BCUT2D eigenvalue weighted by molar-refractivity contribution is 0.235. The van der Waals surface area contributed by atoms with E-state index in [0.29, 0.717) is 10.4 Å². The zero-order valence-corrected chi connectivity index (χ0v) is 11.8. The molecule has 1 fully saturated rings. The molecule has 1 aliphatic rings. The van der Waals surface area contributed by atoms with Crippen LogP contribution < -0.4 is 5.73 Å². The zero-order valence-electron chi connectivity index (χ0n) is 10.2. The second-order valence-electron chi connectivity index (χ2n) is 5.45. The molecule has 0 bridgehead atoms. The molecule has 0 aliphatic heterocycles. The molecular weight excluding hydrogens is 281 g/mol. The Morgan fingerprint density at radius 2 is 2.29 bits per heavy atom. The average molecular weight is 300 g/mol. The minimum absolute atomic E-state index is 0.159. The Hall–Kier alpha value is -0.410. The summed E-state index contributed by atoms with van der Waals surface area (Å²) in [6.45, 7) is 2.25. The van der Waals surface area contributed by atoms with Gasteiger partial charge in [0, 0.05) is 5.54 Å². The van der Waals surface area contributed by atoms with Gasteiger partial charge in [-0.15, -0.1) is 0 Å². The molecule has 1 aromatic rings. The molecule has 0 aromatic heterocycles. The van der Waals surface area contributed by atoms with E-state index in [9.17, 15) is 4.39 Å². The number of hydrogen-bond acceptors (Lipinski definition) is 1. The van der Waals surface area contributed by atoms with Crippen molar-refractivity contribution >= 4 is 15.9 Å². The largest absolute Gasteiger partial charge is 0.325 e. The van der Waals surface area contributed by atoms with Crippen LogP contribution in [0.15, 0.2) is 22.7 Å². The maximum Gasteiger partial charge on any atom is 0.137 e. The fourth-order valence-corrected chi connectivity index (χ4v) is 3.33. The van der Waals surface area contributed by atoms with Crippen LogP contribution in [0.5, 0.6) is 0 Å². The Labute approximate surface area is 111 Å². The predicted molar refractivity (Wildman–Crippen MR) is 72.4 cm³/mol. The molecule has 1 nitrogen and oxygen atoms in total. The fourth-order valence-electron chi connectivity index (χ4n) is 2.93. The molecule has 1 aliphatic carbocycles. The number of rotatable bonds is 2. The highest BCUT2D eigenvalue weighted by atomic mass is 79.9. The summed E-state index contributed by atoms with van der Waals surface area (Å²) in [7, 11) is 0. The zero-order chi connectivity index (χ0) is 12.5. The maximum absolute atomic E-state index is 13.4. The van der Waals surface area contributed by atoms with E-state index in [4.69, 9.17) is 5.73 Å². The second-order valence-corrected chi connectivity index (χ2v) is 6.25. The van der Waals surface area contributed by atoms with Gasteiger partial charge in [-0.2, -0.15) is 0 Å². The Morgan fingerprint density at radius 3 is 3.00 bits per heavy atom. The Kier molecular flexibility index (Phi) is 3.88. The molecule has 0 amide bonds. The van der Waals surface area contributed by atoms with E-state index in [1.165, 1.54) is 18.9 Å². The van der Waals surface area contributed by atoms with Crippen molar-refractivity contribution < 1.29 is 4.39 Å². The summed E-state index contributed by atoms with van der Waals surface area (Å²) in [5.41, 5.74) is 7.29. The van der Waals surface area contributed by atoms with Crippen molar-refractivity contribution in [2.75, 3.05) is 0 Å². The summed E-state index contributed by atoms with van der Waals surface area (Å²) in [6.07, 6.45) is 5.29. The highest BCUT2D eigenvalue weighted by Gasteiger charge is 2.31. The average Bonchev–Trinajstić information content (AvgIpc) is 2.24. The molecular formula is C14H19BrFN. The van der Waals surface area contributed by atoms with Crippen LogP contribution in [-0.2, 0) is 6.42 Å². The quantitative estimate of drug-likeness (QED) is 0.876. The molecule has 2 unspecified atom stereocenters. The summed E-state index contributed by atoms with van der Waals surface area (Å²) < 4.78 is 14.0. The van der Waals surface area contributed by atoms with E-state index < -0.39 is 0 Å². The van der Waals surface area contributed by atoms with Crippen molar-refractivity contribution in [3.05, 3.63) is 34.1 Å². The van der Waals surface area contributed by atoms with Crippen molar-refractivity contribution in [3.8, 4) is 0 Å². The minimum atomic E-state index is -0.199. The van der Waals surface area contributed by atoms with Gasteiger partial charge in [0.25, 0.3) is 0 Å². The lowest BCUT2D eigenvalue weighted by Crippen LogP contribution is -2.45. The lowest BCUT2D eigenvalue weighted by Gasteiger charge is -2.37. The van der Waals surface area contributed by atoms with Crippen molar-refractivity contribution in [1.29, 1.82) is 0 Å². The highest BCUT2D eigenvalue weighted by molar-refractivity contribution is 9.10. The van der Waals surface area contributed by atoms with Crippen molar-refractivity contribution in [1.82, 2.24) is 0 Å². The smallest absolute Gasteiger partial charge is 0.137 e. The molecule has 0 spiro atoms. The standard InChI is InChI=1S/C14H19BrFN/c1-10-4-3-7-14(17,8-10)9-11-5-2-6-12(16)13(11)15/h2,5-6,10H,3-4,7-9,17H2,1H3. The van der Waals surface area contributed by atoms with E-state index in [1.807, 2.05) is 6.07 Å². The molecule has 0 heterocycles. The summed E-state index contributed by atoms with van der Waals surface area (Å²) >= 11 is 3.32. The third-order valence-electron chi connectivity index (χ3n) is 3.70. The third-order valence-corrected chi connectivity index (χ3v) is 4.59. The van der Waals surface area contributed by atoms with Crippen LogP contribution in [-0.4, -0.2) is 5.54 Å². The summed E-state index contributed by atoms with van der Waals surface area (Å²) in [6, 6.07) is 5.19. The van der Waals surface area contributed by atoms with Crippen LogP contribution in [0.4, 0.5) is 4.39 Å². The summed E-state index contributed by atoms with van der Waals surface area (Å²) in [5, 5.41) is 0. The Balaban J connectivity index is 2.17. The minimum Gasteiger partial charge on any atom is -0.325 e. The first-order chi connectivity index (χ1) is 8.00. The SMILES string of the molecule is CC1CCCC(N)(Cc2cccc(F)c2Br)C1. The number of nitrogens with two attached hydrogens (primary N) is 1. The van der Waals surface area contributed by atoms with Crippen LogP contribution in [0.3, 0.4) is 0 Å². The first-order valence-corrected chi connectivity index (χ1v) is 7.01. The van der Waals surface area contributed by atoms with Gasteiger partial charge in [0.05, 0.1) is 4.47 Å². The topological polar surface area (TPSA) is 26.0 Å². The summed E-state index contributed by atoms with van der Waals surface area (Å²) in [5.74, 6) is 0.482. The first-order valence-electron chi connectivity index (χ1n) is 6.22. The van der Waals surface area contributed by atoms with E-state index >= 15 is 0 Å². The Morgan fingerprint density at radius 1 is 1.53 bits per heavy atom. The maximum atomic E-state index is 13.4. The van der Waals surface area contributed by atoms with Crippen molar-refractivity contribution in [3.63, 3.8) is 0 Å². The van der Waals surface area contributed by atoms with Crippen molar-refractivity contribution in [2.45, 2.75) is 44.6 Å². The molecule has 2 N–H and O–H groups in total. The van der Waals surface area contributed by atoms with Crippen LogP contribution in [0.2, 0.25) is 0 Å². The van der Waals surface area contributed by atoms with Crippen LogP contribution in [0.1, 0.15) is 38.2 Å². The molecule has 1 aromatic carbocycles. The van der Waals surface area contributed by atoms with Crippen molar-refractivity contribution in [2.24, 2.45) is 11.7 Å². The van der Waals surface area contributed by atoms with Gasteiger partial charge < -0.3 is 5.73 Å². The van der Waals surface area contributed by atoms with Gasteiger partial charge in [-0.3, -0.25) is 0 Å². The molecule has 0 saturated heterocycles. The first kappa shape index (κ1) is 13.0. The lowest BCUT2D eigenvalue weighted by atomic mass is 9.74. The van der Waals surface area contributed by atoms with Crippen LogP contribution >= 0.6 is 15.9 Å². The molecule has 2 atom stereocenters. The van der Waals surface area contributed by atoms with Gasteiger partial charge in [-0.1, -0.05) is 31.9 Å². The van der Waals surface area contributed by atoms with Crippen LogP contribution in [0, 0.1) is 11.7 Å². The molecule has 2 rings (SSSR count). The van der Waals surface area contributed by atoms with E-state index in [0.717, 1.165) is 24.8 Å². The molecule has 3 heteroatoms. The molecule has 17 heavy (non-hydrogen) atoms. The van der Waals surface area contributed by atoms with Crippen LogP contribution in [0.25, 0.3) is 0 Å². The molecule has 1 saturated carbocycles.